The molecular formula is C21H22N4O4. The number of hydrogen-bond acceptors (Lipinski definition) is 6. The summed E-state index contributed by atoms with van der Waals surface area (Å²) >= 11 is 0. The molecule has 150 valence electrons. The van der Waals surface area contributed by atoms with Crippen LogP contribution in [0.1, 0.15) is 23.0 Å². The van der Waals surface area contributed by atoms with Crippen LogP contribution < -0.4 is 19.6 Å². The van der Waals surface area contributed by atoms with E-state index in [2.05, 4.69) is 20.7 Å². The molecule has 8 nitrogen and oxygen atoms in total. The summed E-state index contributed by atoms with van der Waals surface area (Å²) in [6.07, 6.45) is 1.52. The van der Waals surface area contributed by atoms with Crippen molar-refractivity contribution < 1.29 is 19.0 Å². The Bertz CT molecular complexity index is 1010. The van der Waals surface area contributed by atoms with Crippen molar-refractivity contribution >= 4 is 12.1 Å². The van der Waals surface area contributed by atoms with Gasteiger partial charge in [-0.1, -0.05) is 12.1 Å². The van der Waals surface area contributed by atoms with Crippen molar-refractivity contribution in [3.63, 3.8) is 0 Å². The van der Waals surface area contributed by atoms with E-state index >= 15 is 0 Å². The Hall–Kier alpha value is -3.81. The topological polar surface area (TPSA) is 97.8 Å². The second-order valence-electron chi connectivity index (χ2n) is 5.94. The highest BCUT2D eigenvalue weighted by atomic mass is 16.5. The fourth-order valence-electron chi connectivity index (χ4n) is 2.66. The van der Waals surface area contributed by atoms with Crippen molar-refractivity contribution in [2.45, 2.75) is 6.92 Å². The van der Waals surface area contributed by atoms with Crippen LogP contribution in [0.2, 0.25) is 0 Å². The van der Waals surface area contributed by atoms with Gasteiger partial charge in [-0.3, -0.25) is 9.89 Å². The zero-order valence-electron chi connectivity index (χ0n) is 16.4. The summed E-state index contributed by atoms with van der Waals surface area (Å²) in [6.45, 7) is 2.50. The van der Waals surface area contributed by atoms with Gasteiger partial charge < -0.3 is 14.2 Å². The van der Waals surface area contributed by atoms with Crippen molar-refractivity contribution in [1.82, 2.24) is 15.6 Å². The molecule has 0 saturated carbocycles. The Labute approximate surface area is 168 Å². The maximum Gasteiger partial charge on any atom is 0.289 e. The third-order valence-electron chi connectivity index (χ3n) is 4.05. The van der Waals surface area contributed by atoms with Crippen molar-refractivity contribution in [2.75, 3.05) is 20.8 Å². The first-order valence-electron chi connectivity index (χ1n) is 8.98. The van der Waals surface area contributed by atoms with E-state index in [1.807, 2.05) is 31.2 Å². The predicted molar refractivity (Wildman–Crippen MR) is 110 cm³/mol. The van der Waals surface area contributed by atoms with Crippen LogP contribution in [0.4, 0.5) is 0 Å². The normalized spacial score (nSPS) is 10.7. The van der Waals surface area contributed by atoms with E-state index in [4.69, 9.17) is 14.2 Å². The van der Waals surface area contributed by atoms with Gasteiger partial charge >= 0.3 is 0 Å². The first-order chi connectivity index (χ1) is 14.1. The van der Waals surface area contributed by atoms with Crippen molar-refractivity contribution in [1.29, 1.82) is 0 Å². The molecule has 0 spiro atoms. The summed E-state index contributed by atoms with van der Waals surface area (Å²) in [6, 6.07) is 14.5. The number of methoxy groups -OCH3 is 2. The quantitative estimate of drug-likeness (QED) is 0.451. The Morgan fingerprint density at radius 3 is 2.72 bits per heavy atom. The molecule has 0 aliphatic carbocycles. The van der Waals surface area contributed by atoms with Crippen molar-refractivity contribution in [3.05, 3.63) is 59.8 Å². The molecule has 0 aliphatic rings. The minimum atomic E-state index is -0.401. The summed E-state index contributed by atoms with van der Waals surface area (Å²) < 4.78 is 15.9. The second-order valence-corrected chi connectivity index (χ2v) is 5.94. The van der Waals surface area contributed by atoms with E-state index in [0.29, 0.717) is 29.5 Å². The fourth-order valence-corrected chi connectivity index (χ4v) is 2.66. The van der Waals surface area contributed by atoms with E-state index in [1.54, 1.807) is 38.5 Å². The number of H-pyrrole nitrogens is 1. The van der Waals surface area contributed by atoms with Gasteiger partial charge in [0.15, 0.2) is 11.5 Å². The van der Waals surface area contributed by atoms with Gasteiger partial charge in [0.25, 0.3) is 5.91 Å². The van der Waals surface area contributed by atoms with Crippen LogP contribution in [0.25, 0.3) is 11.3 Å². The van der Waals surface area contributed by atoms with Crippen LogP contribution in [0.15, 0.2) is 53.6 Å². The molecule has 0 saturated heterocycles. The summed E-state index contributed by atoms with van der Waals surface area (Å²) in [5.74, 6) is 1.54. The smallest absolute Gasteiger partial charge is 0.289 e. The van der Waals surface area contributed by atoms with E-state index in [9.17, 15) is 4.79 Å². The maximum atomic E-state index is 12.3. The molecule has 8 heteroatoms. The number of hydrazone groups is 1. The van der Waals surface area contributed by atoms with E-state index < -0.39 is 5.91 Å². The third-order valence-corrected chi connectivity index (χ3v) is 4.05. The number of rotatable bonds is 8. The highest BCUT2D eigenvalue weighted by Crippen LogP contribution is 2.27. The van der Waals surface area contributed by atoms with Crippen LogP contribution in [0.5, 0.6) is 17.2 Å². The van der Waals surface area contributed by atoms with Crippen LogP contribution in [-0.4, -0.2) is 43.1 Å². The zero-order valence-corrected chi connectivity index (χ0v) is 16.4. The average molecular weight is 394 g/mol. The van der Waals surface area contributed by atoms with Crippen LogP contribution >= 0.6 is 0 Å². The summed E-state index contributed by atoms with van der Waals surface area (Å²) in [7, 11) is 3.12. The molecule has 0 radical (unpaired) electrons. The number of nitrogens with zero attached hydrogens (tertiary/aromatic N) is 2. The molecule has 0 fully saturated rings. The van der Waals surface area contributed by atoms with Gasteiger partial charge in [-0.2, -0.15) is 10.2 Å². The lowest BCUT2D eigenvalue weighted by Crippen LogP contribution is -2.18. The Morgan fingerprint density at radius 1 is 1.14 bits per heavy atom. The summed E-state index contributed by atoms with van der Waals surface area (Å²) in [5, 5.41) is 10.9. The van der Waals surface area contributed by atoms with Gasteiger partial charge in [-0.25, -0.2) is 5.43 Å². The van der Waals surface area contributed by atoms with Gasteiger partial charge in [-0.05, 0) is 48.9 Å². The Balaban J connectivity index is 1.66. The number of aromatic nitrogens is 2. The first kappa shape index (κ1) is 19.9. The number of carbonyl (C=O) groups excluding carboxylic acids is 1. The monoisotopic (exact) mass is 394 g/mol. The van der Waals surface area contributed by atoms with Crippen LogP contribution in [0, 0.1) is 0 Å². The Morgan fingerprint density at radius 2 is 1.97 bits per heavy atom. The molecule has 0 unspecified atom stereocenters. The minimum absolute atomic E-state index is 0.297. The van der Waals surface area contributed by atoms with E-state index in [0.717, 1.165) is 16.9 Å². The number of ether oxygens (including phenoxy) is 3. The fraction of sp³-hybridized carbons (Fsp3) is 0.190. The van der Waals surface area contributed by atoms with Crippen molar-refractivity contribution in [3.8, 4) is 28.5 Å². The molecule has 0 atom stereocenters. The highest BCUT2D eigenvalue weighted by Gasteiger charge is 2.11. The molecular weight excluding hydrogens is 372 g/mol. The van der Waals surface area contributed by atoms with E-state index in [1.165, 1.54) is 6.21 Å². The van der Waals surface area contributed by atoms with Gasteiger partial charge in [0.1, 0.15) is 11.4 Å². The standard InChI is InChI=1S/C21H22N4O4/c1-4-29-16-7-5-6-15(11-16)17-12-18(24-23-17)21(26)25-22-13-14-8-9-19(27-2)20(10-14)28-3/h5-13H,4H2,1-3H3,(H,23,24)(H,25,26)/b22-13+. The second kappa shape index (κ2) is 9.41. The third kappa shape index (κ3) is 4.92. The number of hydrogen-bond donors (Lipinski definition) is 2. The molecule has 1 heterocycles. The number of carbonyl (C=O) groups is 1. The number of amides is 1. The Kier molecular flexibility index (Phi) is 6.47. The number of nitrogens with one attached hydrogen (secondary N) is 2. The largest absolute Gasteiger partial charge is 0.494 e. The zero-order chi connectivity index (χ0) is 20.6. The lowest BCUT2D eigenvalue weighted by molar-refractivity contribution is 0.0950. The average Bonchev–Trinajstić information content (AvgIpc) is 3.24. The van der Waals surface area contributed by atoms with Gasteiger partial charge in [0, 0.05) is 5.56 Å². The van der Waals surface area contributed by atoms with E-state index in [-0.39, 0.29) is 0 Å². The summed E-state index contributed by atoms with van der Waals surface area (Å²) in [4.78, 5) is 12.3. The molecule has 2 aromatic carbocycles. The predicted octanol–water partition coefficient (Wildman–Crippen LogP) is 3.26. The first-order valence-corrected chi connectivity index (χ1v) is 8.98. The molecule has 29 heavy (non-hydrogen) atoms. The SMILES string of the molecule is CCOc1cccc(-c2cc(C(=O)N/N=C/c3ccc(OC)c(OC)c3)[nH]n2)c1. The maximum absolute atomic E-state index is 12.3. The van der Waals surface area contributed by atoms with Crippen LogP contribution in [-0.2, 0) is 0 Å². The molecule has 3 rings (SSSR count). The van der Waals surface area contributed by atoms with Gasteiger partial charge in [-0.15, -0.1) is 0 Å². The lowest BCUT2D eigenvalue weighted by Gasteiger charge is -2.07. The minimum Gasteiger partial charge on any atom is -0.494 e. The molecule has 3 aromatic rings. The molecule has 2 N–H and O–H groups in total. The van der Waals surface area contributed by atoms with Gasteiger partial charge in [0.2, 0.25) is 0 Å². The number of aromatic amines is 1. The van der Waals surface area contributed by atoms with Crippen LogP contribution in [0.3, 0.4) is 0 Å². The number of benzene rings is 2. The lowest BCUT2D eigenvalue weighted by atomic mass is 10.1. The highest BCUT2D eigenvalue weighted by molar-refractivity contribution is 5.94. The van der Waals surface area contributed by atoms with Crippen molar-refractivity contribution in [2.24, 2.45) is 5.10 Å². The molecule has 0 bridgehead atoms. The van der Waals surface area contributed by atoms with Gasteiger partial charge in [0.05, 0.1) is 32.7 Å². The summed E-state index contributed by atoms with van der Waals surface area (Å²) in [5.41, 5.74) is 5.01. The molecule has 1 amide bonds. The molecule has 0 aliphatic heterocycles. The molecule has 1 aromatic heterocycles.